The molecule has 0 aliphatic rings. The molecule has 0 unspecified atom stereocenters. The van der Waals surface area contributed by atoms with Crippen LogP contribution in [0.5, 0.6) is 0 Å². The maximum Gasteiger partial charge on any atom is 0.171 e. The molecule has 2 heteroatoms. The van der Waals surface area contributed by atoms with Crippen molar-refractivity contribution in [2.75, 3.05) is 0 Å². The average molecular weight is 218 g/mol. The molecular formula is C14H22N2. The van der Waals surface area contributed by atoms with Crippen LogP contribution in [-0.2, 0) is 13.0 Å². The van der Waals surface area contributed by atoms with E-state index in [-0.39, 0.29) is 0 Å². The second-order valence-corrected chi connectivity index (χ2v) is 3.86. The Balaban J connectivity index is 0.00000106. The Morgan fingerprint density at radius 3 is 2.56 bits per heavy atom. The van der Waals surface area contributed by atoms with Crippen LogP contribution in [0.15, 0.2) is 24.5 Å². The highest BCUT2D eigenvalue weighted by molar-refractivity contribution is 5.04. The van der Waals surface area contributed by atoms with Gasteiger partial charge in [-0.1, -0.05) is 26.7 Å². The minimum Gasteiger partial charge on any atom is -0.512 e. The van der Waals surface area contributed by atoms with Crippen molar-refractivity contribution in [3.8, 4) is 0 Å². The number of hydrogen-bond donors (Lipinski definition) is 0. The number of rotatable bonds is 6. The standard InChI is InChI=1S/C13H22N.CN/c1-3-5-6-7-10-14-11-8-9-13(4-2)12-14;1-2/h8-9,11-12H,3-7,10H2,1-2H3;/q+1;-1. The van der Waals surface area contributed by atoms with Gasteiger partial charge in [0.2, 0.25) is 0 Å². The molecule has 0 radical (unpaired) electrons. The highest BCUT2D eigenvalue weighted by Gasteiger charge is 2.00. The van der Waals surface area contributed by atoms with Crippen LogP contribution in [0.25, 0.3) is 0 Å². The second-order valence-electron chi connectivity index (χ2n) is 3.86. The van der Waals surface area contributed by atoms with E-state index in [9.17, 15) is 0 Å². The first-order valence-electron chi connectivity index (χ1n) is 6.07. The fourth-order valence-corrected chi connectivity index (χ4v) is 1.65. The van der Waals surface area contributed by atoms with Crippen LogP contribution in [0.3, 0.4) is 0 Å². The van der Waals surface area contributed by atoms with Gasteiger partial charge in [0.15, 0.2) is 12.4 Å². The lowest BCUT2D eigenvalue weighted by atomic mass is 10.2. The van der Waals surface area contributed by atoms with Gasteiger partial charge in [-0.15, -0.1) is 0 Å². The zero-order valence-electron chi connectivity index (χ0n) is 10.4. The van der Waals surface area contributed by atoms with Crippen LogP contribution in [0, 0.1) is 11.8 Å². The summed E-state index contributed by atoms with van der Waals surface area (Å²) in [4.78, 5) is 0. The summed E-state index contributed by atoms with van der Waals surface area (Å²) in [6, 6.07) is 4.35. The summed E-state index contributed by atoms with van der Waals surface area (Å²) in [5.41, 5.74) is 1.43. The maximum atomic E-state index is 6.25. The summed E-state index contributed by atoms with van der Waals surface area (Å²) in [6.45, 7) is 10.4. The van der Waals surface area contributed by atoms with E-state index in [0.717, 1.165) is 6.42 Å². The van der Waals surface area contributed by atoms with Crippen molar-refractivity contribution < 1.29 is 4.57 Å². The first kappa shape index (κ1) is 14.6. The lowest BCUT2D eigenvalue weighted by Crippen LogP contribution is -2.33. The summed E-state index contributed by atoms with van der Waals surface area (Å²) in [5.74, 6) is 0. The predicted octanol–water partition coefficient (Wildman–Crippen LogP) is 3.21. The van der Waals surface area contributed by atoms with E-state index < -0.39 is 0 Å². The van der Waals surface area contributed by atoms with E-state index >= 15 is 0 Å². The monoisotopic (exact) mass is 218 g/mol. The Bertz CT molecular complexity index is 292. The minimum absolute atomic E-state index is 1.13. The molecule has 0 atom stereocenters. The van der Waals surface area contributed by atoms with Gasteiger partial charge in [0.1, 0.15) is 6.54 Å². The summed E-state index contributed by atoms with van der Waals surface area (Å²) >= 11 is 0. The summed E-state index contributed by atoms with van der Waals surface area (Å²) in [5, 5.41) is 6.25. The fourth-order valence-electron chi connectivity index (χ4n) is 1.65. The first-order valence-corrected chi connectivity index (χ1v) is 6.07. The number of nitrogens with zero attached hydrogens (tertiary/aromatic N) is 2. The van der Waals surface area contributed by atoms with Crippen LogP contribution < -0.4 is 4.57 Å². The van der Waals surface area contributed by atoms with Crippen LogP contribution >= 0.6 is 0 Å². The van der Waals surface area contributed by atoms with Crippen molar-refractivity contribution in [1.82, 2.24) is 0 Å². The lowest BCUT2D eigenvalue weighted by molar-refractivity contribution is -0.697. The topological polar surface area (TPSA) is 27.7 Å². The molecule has 0 aliphatic carbocycles. The van der Waals surface area contributed by atoms with Crippen molar-refractivity contribution in [2.45, 2.75) is 52.5 Å². The molecule has 0 spiro atoms. The normalized spacial score (nSPS) is 9.25. The van der Waals surface area contributed by atoms with Crippen LogP contribution in [-0.4, -0.2) is 0 Å². The number of aryl methyl sites for hydroxylation is 2. The summed E-state index contributed by atoms with van der Waals surface area (Å²) < 4.78 is 2.31. The molecule has 0 amide bonds. The molecule has 0 saturated carbocycles. The molecule has 0 saturated heterocycles. The second kappa shape index (κ2) is 10.2. The van der Waals surface area contributed by atoms with Gasteiger partial charge in [-0.05, 0) is 18.9 Å². The van der Waals surface area contributed by atoms with Gasteiger partial charge in [0.25, 0.3) is 0 Å². The molecule has 16 heavy (non-hydrogen) atoms. The van der Waals surface area contributed by atoms with Crippen molar-refractivity contribution in [2.24, 2.45) is 0 Å². The van der Waals surface area contributed by atoms with E-state index in [1.807, 2.05) is 0 Å². The van der Waals surface area contributed by atoms with Crippen molar-refractivity contribution in [1.29, 1.82) is 5.26 Å². The maximum absolute atomic E-state index is 6.25. The third-order valence-corrected chi connectivity index (χ3v) is 2.60. The predicted molar refractivity (Wildman–Crippen MR) is 65.1 cm³/mol. The van der Waals surface area contributed by atoms with E-state index in [4.69, 9.17) is 11.8 Å². The third kappa shape index (κ3) is 6.19. The third-order valence-electron chi connectivity index (χ3n) is 2.60. The fraction of sp³-hybridized carbons (Fsp3) is 0.571. The molecule has 1 aromatic rings. The van der Waals surface area contributed by atoms with Gasteiger partial charge >= 0.3 is 0 Å². The quantitative estimate of drug-likeness (QED) is 0.409. The zero-order valence-corrected chi connectivity index (χ0v) is 10.4. The summed E-state index contributed by atoms with van der Waals surface area (Å²) in [6.07, 6.45) is 10.9. The molecule has 0 aliphatic heterocycles. The molecule has 0 aromatic carbocycles. The Kier molecular flexibility index (Phi) is 9.30. The highest BCUT2D eigenvalue weighted by Crippen LogP contribution is 1.99. The zero-order chi connectivity index (χ0) is 12.2. The van der Waals surface area contributed by atoms with E-state index in [0.29, 0.717) is 0 Å². The Morgan fingerprint density at radius 2 is 1.94 bits per heavy atom. The molecule has 1 heterocycles. The minimum atomic E-state index is 1.13. The van der Waals surface area contributed by atoms with Crippen molar-refractivity contribution in [3.05, 3.63) is 36.7 Å². The lowest BCUT2D eigenvalue weighted by Gasteiger charge is -1.98. The van der Waals surface area contributed by atoms with Gasteiger partial charge in [0.05, 0.1) is 0 Å². The molecule has 0 N–H and O–H groups in total. The van der Waals surface area contributed by atoms with Crippen LogP contribution in [0.4, 0.5) is 0 Å². The number of hydrogen-bond acceptors (Lipinski definition) is 1. The largest absolute Gasteiger partial charge is 0.512 e. The van der Waals surface area contributed by atoms with Gasteiger partial charge in [-0.3, -0.25) is 0 Å². The van der Waals surface area contributed by atoms with E-state index in [1.54, 1.807) is 0 Å². The number of pyridine rings is 1. The Hall–Kier alpha value is -1.36. The molecular weight excluding hydrogens is 196 g/mol. The molecule has 0 bridgehead atoms. The first-order chi connectivity index (χ1) is 7.86. The van der Waals surface area contributed by atoms with E-state index in [2.05, 4.69) is 42.9 Å². The average Bonchev–Trinajstić information content (AvgIpc) is 2.37. The van der Waals surface area contributed by atoms with Crippen LogP contribution in [0.1, 0.15) is 45.1 Å². The summed E-state index contributed by atoms with van der Waals surface area (Å²) in [7, 11) is 0. The smallest absolute Gasteiger partial charge is 0.171 e. The number of unbranched alkanes of at least 4 members (excludes halogenated alkanes) is 3. The molecule has 2 nitrogen and oxygen atoms in total. The van der Waals surface area contributed by atoms with Crippen molar-refractivity contribution >= 4 is 0 Å². The van der Waals surface area contributed by atoms with Gasteiger partial charge < -0.3 is 11.8 Å². The SMILES string of the molecule is CCCCCC[n+]1cccc(CC)c1.[C-]#N. The molecule has 1 rings (SSSR count). The highest BCUT2D eigenvalue weighted by atomic mass is 14.9. The molecule has 88 valence electrons. The van der Waals surface area contributed by atoms with Crippen LogP contribution in [0.2, 0.25) is 0 Å². The van der Waals surface area contributed by atoms with Gasteiger partial charge in [-0.25, -0.2) is 4.57 Å². The Morgan fingerprint density at radius 1 is 1.19 bits per heavy atom. The molecule has 1 aromatic heterocycles. The van der Waals surface area contributed by atoms with Crippen molar-refractivity contribution in [3.63, 3.8) is 0 Å². The van der Waals surface area contributed by atoms with E-state index in [1.165, 1.54) is 37.8 Å². The number of aromatic nitrogens is 1. The van der Waals surface area contributed by atoms with Gasteiger partial charge in [-0.2, -0.15) is 0 Å². The van der Waals surface area contributed by atoms with Gasteiger partial charge in [0, 0.05) is 18.1 Å². The Labute approximate surface area is 99.5 Å². The molecule has 0 fully saturated rings.